The number of nitrogens with zero attached hydrogens (tertiary/aromatic N) is 2. The number of rotatable bonds is 9. The minimum atomic E-state index is 0.312. The van der Waals surface area contributed by atoms with Crippen LogP contribution in [-0.2, 0) is 0 Å². The van der Waals surface area contributed by atoms with E-state index in [2.05, 4.69) is 40.7 Å². The fourth-order valence-corrected chi connectivity index (χ4v) is 3.65. The monoisotopic (exact) mass is 358 g/mol. The lowest BCUT2D eigenvalue weighted by molar-refractivity contribution is 0.251. The molecule has 1 unspecified atom stereocenters. The van der Waals surface area contributed by atoms with E-state index in [1.165, 1.54) is 37.7 Å². The number of guanidine groups is 1. The van der Waals surface area contributed by atoms with Crippen LogP contribution in [0, 0.1) is 5.92 Å². The van der Waals surface area contributed by atoms with Crippen LogP contribution in [0.2, 0.25) is 0 Å². The van der Waals surface area contributed by atoms with Gasteiger partial charge in [0.25, 0.3) is 0 Å². The van der Waals surface area contributed by atoms with E-state index in [0.29, 0.717) is 6.04 Å². The maximum absolute atomic E-state index is 5.43. The Morgan fingerprint density at radius 2 is 2.08 bits per heavy atom. The molecule has 1 atom stereocenters. The maximum atomic E-state index is 5.43. The number of aliphatic imine (C=N–C) groups is 1. The minimum Gasteiger partial charge on any atom is -0.497 e. The summed E-state index contributed by atoms with van der Waals surface area (Å²) in [5.74, 6) is 2.81. The highest BCUT2D eigenvalue weighted by Gasteiger charge is 2.24. The summed E-state index contributed by atoms with van der Waals surface area (Å²) >= 11 is 0. The Morgan fingerprint density at radius 1 is 1.27 bits per heavy atom. The smallest absolute Gasteiger partial charge is 0.191 e. The van der Waals surface area contributed by atoms with Gasteiger partial charge in [-0.3, -0.25) is 9.89 Å². The van der Waals surface area contributed by atoms with Gasteiger partial charge in [0, 0.05) is 13.1 Å². The van der Waals surface area contributed by atoms with Gasteiger partial charge in [0.2, 0.25) is 0 Å². The molecule has 1 aromatic carbocycles. The van der Waals surface area contributed by atoms with Crippen LogP contribution < -0.4 is 15.4 Å². The van der Waals surface area contributed by atoms with E-state index in [1.807, 2.05) is 6.07 Å². The molecule has 0 aromatic heterocycles. The van der Waals surface area contributed by atoms with E-state index in [1.54, 1.807) is 7.11 Å². The molecule has 26 heavy (non-hydrogen) atoms. The quantitative estimate of drug-likeness (QED) is 0.526. The topological polar surface area (TPSA) is 48.9 Å². The number of nitrogens with one attached hydrogen (secondary N) is 2. The second kappa shape index (κ2) is 9.81. The molecule has 5 nitrogen and oxygen atoms in total. The first-order chi connectivity index (χ1) is 12.8. The highest BCUT2D eigenvalue weighted by Crippen LogP contribution is 2.31. The first kappa shape index (κ1) is 19.0. The van der Waals surface area contributed by atoms with Gasteiger partial charge >= 0.3 is 0 Å². The molecule has 0 bridgehead atoms. The lowest BCUT2D eigenvalue weighted by atomic mass is 10.1. The van der Waals surface area contributed by atoms with E-state index < -0.39 is 0 Å². The molecule has 1 saturated carbocycles. The van der Waals surface area contributed by atoms with E-state index in [4.69, 9.17) is 9.73 Å². The summed E-state index contributed by atoms with van der Waals surface area (Å²) in [7, 11) is 1.73. The summed E-state index contributed by atoms with van der Waals surface area (Å²) in [5, 5.41) is 6.90. The van der Waals surface area contributed by atoms with Crippen LogP contribution in [0.25, 0.3) is 0 Å². The first-order valence-corrected chi connectivity index (χ1v) is 10.2. The van der Waals surface area contributed by atoms with Crippen molar-refractivity contribution in [2.45, 2.75) is 45.1 Å². The molecule has 1 heterocycles. The van der Waals surface area contributed by atoms with Crippen LogP contribution in [0.1, 0.15) is 50.6 Å². The highest BCUT2D eigenvalue weighted by atomic mass is 16.5. The van der Waals surface area contributed by atoms with Gasteiger partial charge < -0.3 is 15.4 Å². The Balaban J connectivity index is 1.67. The zero-order valence-corrected chi connectivity index (χ0v) is 16.3. The van der Waals surface area contributed by atoms with Gasteiger partial charge in [-0.05, 0) is 62.9 Å². The van der Waals surface area contributed by atoms with Crippen molar-refractivity contribution in [1.82, 2.24) is 15.5 Å². The molecule has 1 aromatic rings. The Morgan fingerprint density at radius 3 is 2.77 bits per heavy atom. The van der Waals surface area contributed by atoms with Crippen LogP contribution in [0.3, 0.4) is 0 Å². The summed E-state index contributed by atoms with van der Waals surface area (Å²) in [5.41, 5.74) is 1.30. The summed E-state index contributed by atoms with van der Waals surface area (Å²) in [6, 6.07) is 8.77. The summed E-state index contributed by atoms with van der Waals surface area (Å²) in [6.45, 7) is 7.11. The van der Waals surface area contributed by atoms with Crippen molar-refractivity contribution in [2.24, 2.45) is 10.9 Å². The van der Waals surface area contributed by atoms with E-state index in [9.17, 15) is 0 Å². The standard InChI is InChI=1S/C21H34N4O/c1-3-22-21(23-12-11-17-9-10-17)24-16-20(25-13-4-5-14-25)18-7-6-8-19(15-18)26-2/h6-8,15,17,20H,3-5,9-14,16H2,1-2H3,(H2,22,23,24). The first-order valence-electron chi connectivity index (χ1n) is 10.2. The molecule has 0 spiro atoms. The van der Waals surface area contributed by atoms with Gasteiger partial charge in [0.05, 0.1) is 19.7 Å². The molecule has 2 aliphatic rings. The van der Waals surface area contributed by atoms with Crippen molar-refractivity contribution < 1.29 is 4.74 Å². The van der Waals surface area contributed by atoms with Crippen LogP contribution >= 0.6 is 0 Å². The van der Waals surface area contributed by atoms with E-state index in [-0.39, 0.29) is 0 Å². The molecular weight excluding hydrogens is 324 g/mol. The zero-order valence-electron chi connectivity index (χ0n) is 16.3. The van der Waals surface area contributed by atoms with Gasteiger partial charge in [-0.1, -0.05) is 25.0 Å². The average molecular weight is 359 g/mol. The lowest BCUT2D eigenvalue weighted by Gasteiger charge is -2.27. The van der Waals surface area contributed by atoms with Gasteiger partial charge in [0.15, 0.2) is 5.96 Å². The van der Waals surface area contributed by atoms with E-state index in [0.717, 1.165) is 50.4 Å². The fraction of sp³-hybridized carbons (Fsp3) is 0.667. The lowest BCUT2D eigenvalue weighted by Crippen LogP contribution is -2.39. The Labute approximate surface area is 158 Å². The number of ether oxygens (including phenoxy) is 1. The van der Waals surface area contributed by atoms with Crippen LogP contribution in [0.5, 0.6) is 5.75 Å². The number of likely N-dealkylation sites (tertiary alicyclic amines) is 1. The third kappa shape index (κ3) is 5.63. The molecule has 3 rings (SSSR count). The molecule has 5 heteroatoms. The molecule has 2 N–H and O–H groups in total. The molecule has 1 aliphatic carbocycles. The summed E-state index contributed by atoms with van der Waals surface area (Å²) in [4.78, 5) is 7.48. The van der Waals surface area contributed by atoms with Gasteiger partial charge in [-0.25, -0.2) is 0 Å². The number of methoxy groups -OCH3 is 1. The predicted octanol–water partition coefficient (Wildman–Crippen LogP) is 3.19. The molecule has 0 radical (unpaired) electrons. The molecular formula is C21H34N4O. The Kier molecular flexibility index (Phi) is 7.18. The third-order valence-electron chi connectivity index (χ3n) is 5.37. The third-order valence-corrected chi connectivity index (χ3v) is 5.37. The van der Waals surface area contributed by atoms with E-state index >= 15 is 0 Å². The van der Waals surface area contributed by atoms with Crippen molar-refractivity contribution >= 4 is 5.96 Å². The van der Waals surface area contributed by atoms with Crippen molar-refractivity contribution in [3.63, 3.8) is 0 Å². The predicted molar refractivity (Wildman–Crippen MR) is 108 cm³/mol. The van der Waals surface area contributed by atoms with Crippen LogP contribution in [0.15, 0.2) is 29.3 Å². The molecule has 2 fully saturated rings. The largest absolute Gasteiger partial charge is 0.497 e. The molecule has 144 valence electrons. The van der Waals surface area contributed by atoms with Crippen molar-refractivity contribution in [3.05, 3.63) is 29.8 Å². The second-order valence-electron chi connectivity index (χ2n) is 7.41. The van der Waals surface area contributed by atoms with Gasteiger partial charge in [-0.2, -0.15) is 0 Å². The summed E-state index contributed by atoms with van der Waals surface area (Å²) < 4.78 is 5.43. The second-order valence-corrected chi connectivity index (χ2v) is 7.41. The minimum absolute atomic E-state index is 0.312. The number of hydrogen-bond donors (Lipinski definition) is 2. The molecule has 1 aliphatic heterocycles. The fourth-order valence-electron chi connectivity index (χ4n) is 3.65. The van der Waals surface area contributed by atoms with Crippen molar-refractivity contribution in [2.75, 3.05) is 39.8 Å². The van der Waals surface area contributed by atoms with Gasteiger partial charge in [-0.15, -0.1) is 0 Å². The van der Waals surface area contributed by atoms with Crippen molar-refractivity contribution in [3.8, 4) is 5.75 Å². The molecule has 0 amide bonds. The summed E-state index contributed by atoms with van der Waals surface area (Å²) in [6.07, 6.45) is 6.63. The van der Waals surface area contributed by atoms with Crippen LogP contribution in [-0.4, -0.2) is 50.7 Å². The number of hydrogen-bond acceptors (Lipinski definition) is 3. The normalized spacial score (nSPS) is 19.4. The SMILES string of the molecule is CCNC(=NCC(c1cccc(OC)c1)N1CCCC1)NCCC1CC1. The van der Waals surface area contributed by atoms with Crippen molar-refractivity contribution in [1.29, 1.82) is 0 Å². The zero-order chi connectivity index (χ0) is 18.2. The average Bonchev–Trinajstić information content (AvgIpc) is 3.33. The van der Waals surface area contributed by atoms with Gasteiger partial charge in [0.1, 0.15) is 5.75 Å². The highest BCUT2D eigenvalue weighted by molar-refractivity contribution is 5.79. The molecule has 1 saturated heterocycles. The van der Waals surface area contributed by atoms with Crippen LogP contribution in [0.4, 0.5) is 0 Å². The number of benzene rings is 1. The Hall–Kier alpha value is -1.75. The maximum Gasteiger partial charge on any atom is 0.191 e. The Bertz CT molecular complexity index is 579.